The van der Waals surface area contributed by atoms with E-state index in [2.05, 4.69) is 71.0 Å². The molecule has 0 heterocycles. The van der Waals surface area contributed by atoms with E-state index in [4.69, 9.17) is 0 Å². The SMILES string of the molecule is [Br-].[I][Pb]([I])([I])[I].[NH4+]. The molecule has 0 saturated heterocycles. The van der Waals surface area contributed by atoms with Crippen LogP contribution >= 0.6 is 71.0 Å². The van der Waals surface area contributed by atoms with Gasteiger partial charge in [-0.15, -0.1) is 0 Å². The third-order valence-corrected chi connectivity index (χ3v) is 0. The molecule has 0 aromatic heterocycles. The van der Waals surface area contributed by atoms with Crippen LogP contribution < -0.4 is 23.1 Å². The number of quaternary nitrogens is 1. The zero-order valence-corrected chi connectivity index (χ0v) is 17.5. The van der Waals surface area contributed by atoms with Crippen LogP contribution in [0.3, 0.4) is 0 Å². The van der Waals surface area contributed by atoms with E-state index in [1.165, 1.54) is 0 Å². The second-order valence-electron chi connectivity index (χ2n) is 0.429. The summed E-state index contributed by atoms with van der Waals surface area (Å²) in [5, 5.41) is 0. The van der Waals surface area contributed by atoms with Crippen LogP contribution in [0.2, 0.25) is 0 Å². The molecule has 7 heteroatoms. The predicted octanol–water partition coefficient (Wildman–Crippen LogP) is 0.542. The monoisotopic (exact) mass is 813 g/mol. The minimum Gasteiger partial charge on any atom is -0.369 e. The van der Waals surface area contributed by atoms with E-state index in [0.717, 1.165) is 0 Å². The first-order chi connectivity index (χ1) is 2.00. The van der Waals surface area contributed by atoms with E-state index in [9.17, 15) is 0 Å². The third kappa shape index (κ3) is 38.5. The van der Waals surface area contributed by atoms with Crippen LogP contribution in [0, 0.1) is 0 Å². The first kappa shape index (κ1) is 17.4. The molecule has 0 amide bonds. The van der Waals surface area contributed by atoms with Crippen LogP contribution in [-0.2, 0) is 0 Å². The molecular formula is H4BrI4NPb. The van der Waals surface area contributed by atoms with Gasteiger partial charge >= 0.3 is 75.0 Å². The molecule has 0 radical (unpaired) electrons. The smallest absolute Gasteiger partial charge is 0.369 e. The number of rotatable bonds is 0. The number of hydrogen-bond acceptors (Lipinski definition) is 0. The van der Waals surface area contributed by atoms with E-state index in [0.29, 0.717) is 0 Å². The molecule has 0 atom stereocenters. The second kappa shape index (κ2) is 8.38. The van der Waals surface area contributed by atoms with Crippen molar-refractivity contribution < 1.29 is 17.0 Å². The molecule has 0 aliphatic carbocycles. The quantitative estimate of drug-likeness (QED) is 0.275. The zero-order valence-electron chi connectivity index (χ0n) is 3.39. The Labute approximate surface area is 94.7 Å². The minimum absolute atomic E-state index is 0. The van der Waals surface area contributed by atoms with E-state index >= 15 is 0 Å². The molecule has 4 N–H and O–H groups in total. The van der Waals surface area contributed by atoms with Crippen molar-refractivity contribution in [2.75, 3.05) is 0 Å². The fourth-order valence-corrected chi connectivity index (χ4v) is 0. The average Bonchev–Trinajstić information content (AvgIpc) is 0.722. The van der Waals surface area contributed by atoms with Gasteiger partial charge in [-0.1, -0.05) is 0 Å². The Kier molecular flexibility index (Phi) is 20.8. The topological polar surface area (TPSA) is 36.5 Å². The Morgan fingerprint density at radius 2 is 0.857 bits per heavy atom. The van der Waals surface area contributed by atoms with Crippen molar-refractivity contribution in [3.63, 3.8) is 0 Å². The average molecular weight is 813 g/mol. The van der Waals surface area contributed by atoms with Crippen LogP contribution in [0.4, 0.5) is 0 Å². The molecule has 0 saturated carbocycles. The first-order valence-electron chi connectivity index (χ1n) is 0.756. The summed E-state index contributed by atoms with van der Waals surface area (Å²) < 4.78 is -1.40. The molecule has 0 fully saturated rings. The van der Waals surface area contributed by atoms with Crippen LogP contribution in [0.1, 0.15) is 0 Å². The van der Waals surface area contributed by atoms with Crippen molar-refractivity contribution in [2.24, 2.45) is 0 Å². The summed E-state index contributed by atoms with van der Waals surface area (Å²) in [4.78, 5) is 0. The molecule has 0 aliphatic rings. The van der Waals surface area contributed by atoms with Crippen LogP contribution in [0.15, 0.2) is 0 Å². The van der Waals surface area contributed by atoms with Gasteiger partial charge in [0.1, 0.15) is 0 Å². The van der Waals surface area contributed by atoms with E-state index < -0.39 is 4.00 Å². The summed E-state index contributed by atoms with van der Waals surface area (Å²) in [7, 11) is 0. The van der Waals surface area contributed by atoms with Crippen molar-refractivity contribution in [1.29, 1.82) is 0 Å². The van der Waals surface area contributed by atoms with Crippen molar-refractivity contribution in [2.45, 2.75) is 0 Å². The second-order valence-corrected chi connectivity index (χ2v) is 169. The summed E-state index contributed by atoms with van der Waals surface area (Å²) >= 11 is 10.2. The molecule has 0 aromatic rings. The standard InChI is InChI=1S/BrH.4HI.H3N.Pb/h5*1H;1H3;/q;;;;;;+4/p-4. The van der Waals surface area contributed by atoms with Gasteiger partial charge in [-0.25, -0.2) is 0 Å². The molecule has 0 aromatic carbocycles. The molecule has 0 spiro atoms. The van der Waals surface area contributed by atoms with Gasteiger partial charge in [-0.2, -0.15) is 0 Å². The summed E-state index contributed by atoms with van der Waals surface area (Å²) in [6.45, 7) is 0. The van der Waals surface area contributed by atoms with Gasteiger partial charge in [-0.3, -0.25) is 0 Å². The molecule has 7 heavy (non-hydrogen) atoms. The van der Waals surface area contributed by atoms with Gasteiger partial charge in [0, 0.05) is 0 Å². The molecule has 0 bridgehead atoms. The summed E-state index contributed by atoms with van der Waals surface area (Å²) in [6.07, 6.45) is 0. The summed E-state index contributed by atoms with van der Waals surface area (Å²) in [5.74, 6) is 0. The van der Waals surface area contributed by atoms with Crippen molar-refractivity contribution in [3.05, 3.63) is 0 Å². The first-order valence-corrected chi connectivity index (χ1v) is 44.5. The van der Waals surface area contributed by atoms with Gasteiger partial charge in [0.05, 0.1) is 0 Å². The van der Waals surface area contributed by atoms with Crippen LogP contribution in [-0.4, -0.2) is 4.00 Å². The maximum Gasteiger partial charge on any atom is -0.369 e. The van der Waals surface area contributed by atoms with Crippen LogP contribution in [0.25, 0.3) is 0 Å². The fourth-order valence-electron chi connectivity index (χ4n) is 0. The predicted molar refractivity (Wildman–Crippen MR) is 67.8 cm³/mol. The fraction of sp³-hybridized carbons (Fsp3) is 0. The maximum atomic E-state index is 2.56. The van der Waals surface area contributed by atoms with Crippen molar-refractivity contribution >= 4 is 75.0 Å². The van der Waals surface area contributed by atoms with Gasteiger partial charge < -0.3 is 23.1 Å². The Morgan fingerprint density at radius 1 is 0.857 bits per heavy atom. The van der Waals surface area contributed by atoms with Crippen molar-refractivity contribution in [3.8, 4) is 0 Å². The molecular weight excluding hydrogens is 809 g/mol. The summed E-state index contributed by atoms with van der Waals surface area (Å²) in [6, 6.07) is 0. The van der Waals surface area contributed by atoms with E-state index in [-0.39, 0.29) is 23.1 Å². The molecule has 0 rings (SSSR count). The molecule has 0 unspecified atom stereocenters. The van der Waals surface area contributed by atoms with Crippen LogP contribution in [0.5, 0.6) is 0 Å². The van der Waals surface area contributed by atoms with Gasteiger partial charge in [0.15, 0.2) is 0 Å². The molecule has 48 valence electrons. The minimum atomic E-state index is -1.40. The van der Waals surface area contributed by atoms with Gasteiger partial charge in [0.25, 0.3) is 0 Å². The molecule has 0 aliphatic heterocycles. The Hall–Kier alpha value is 4.28. The Balaban J connectivity index is -0.0000000800. The number of hydrogen-bond donors (Lipinski definition) is 1. The third-order valence-electron chi connectivity index (χ3n) is 0. The van der Waals surface area contributed by atoms with E-state index in [1.54, 1.807) is 0 Å². The Bertz CT molecular complexity index is 27.2. The Morgan fingerprint density at radius 3 is 0.857 bits per heavy atom. The number of halogens is 5. The van der Waals surface area contributed by atoms with Gasteiger partial charge in [0.2, 0.25) is 0 Å². The summed E-state index contributed by atoms with van der Waals surface area (Å²) in [5.41, 5.74) is 0. The maximum absolute atomic E-state index is 2.56. The van der Waals surface area contributed by atoms with Gasteiger partial charge in [-0.05, 0) is 0 Å². The molecule has 1 nitrogen and oxygen atoms in total. The van der Waals surface area contributed by atoms with E-state index in [1.807, 2.05) is 0 Å². The normalized spacial score (nSPS) is 8.57. The largest absolute Gasteiger partial charge is 0.369 e. The zero-order chi connectivity index (χ0) is 4.50. The van der Waals surface area contributed by atoms with Crippen molar-refractivity contribution in [1.82, 2.24) is 6.15 Å².